The van der Waals surface area contributed by atoms with Crippen LogP contribution in [0.2, 0.25) is 0 Å². The Hall–Kier alpha value is -1.50. The first kappa shape index (κ1) is 13.5. The first-order valence-corrected chi connectivity index (χ1v) is 4.65. The molecule has 0 fully saturated rings. The van der Waals surface area contributed by atoms with E-state index in [1.807, 2.05) is 6.92 Å². The van der Waals surface area contributed by atoms with Crippen LogP contribution in [0.15, 0.2) is 0 Å². The van der Waals surface area contributed by atoms with Crippen LogP contribution in [-0.2, 0) is 19.1 Å². The molecule has 0 amide bonds. The van der Waals surface area contributed by atoms with E-state index in [1.54, 1.807) is 0 Å². The molecule has 0 aliphatic heterocycles. The Morgan fingerprint density at radius 2 is 1.60 bits per heavy atom. The molecule has 0 bridgehead atoms. The second-order valence-corrected chi connectivity index (χ2v) is 3.20. The average Bonchev–Trinajstić information content (AvgIpc) is 2.26. The molecule has 4 nitrogen and oxygen atoms in total. The highest BCUT2D eigenvalue weighted by Crippen LogP contribution is 2.24. The van der Waals surface area contributed by atoms with Crippen LogP contribution in [0.4, 0.5) is 0 Å². The van der Waals surface area contributed by atoms with Crippen LogP contribution in [-0.4, -0.2) is 26.2 Å². The van der Waals surface area contributed by atoms with E-state index in [2.05, 4.69) is 21.3 Å². The lowest BCUT2D eigenvalue weighted by molar-refractivity contribution is -0.167. The Bertz CT molecular complexity index is 279. The van der Waals surface area contributed by atoms with Gasteiger partial charge in [0.1, 0.15) is 0 Å². The molecule has 0 aromatic rings. The predicted octanol–water partition coefficient (Wildman–Crippen LogP) is 1.14. The van der Waals surface area contributed by atoms with Gasteiger partial charge in [0.2, 0.25) is 0 Å². The maximum Gasteiger partial charge on any atom is 0.323 e. The molecule has 0 saturated heterocycles. The lowest BCUT2D eigenvalue weighted by Crippen LogP contribution is -2.38. The number of rotatable bonds is 3. The van der Waals surface area contributed by atoms with Crippen molar-refractivity contribution >= 4 is 11.9 Å². The maximum absolute atomic E-state index is 11.4. The number of esters is 2. The van der Waals surface area contributed by atoms with Crippen LogP contribution in [0, 0.1) is 17.3 Å². The molecule has 15 heavy (non-hydrogen) atoms. The summed E-state index contributed by atoms with van der Waals surface area (Å²) in [6.07, 6.45) is 0.790. The van der Waals surface area contributed by atoms with Crippen molar-refractivity contribution < 1.29 is 19.1 Å². The van der Waals surface area contributed by atoms with E-state index in [0.29, 0.717) is 6.42 Å². The molecule has 0 aromatic heterocycles. The van der Waals surface area contributed by atoms with Crippen LogP contribution >= 0.6 is 0 Å². The van der Waals surface area contributed by atoms with E-state index in [-0.39, 0.29) is 6.42 Å². The van der Waals surface area contributed by atoms with Gasteiger partial charge in [-0.15, -0.1) is 11.8 Å². The summed E-state index contributed by atoms with van der Waals surface area (Å²) in [7, 11) is 2.47. The predicted molar refractivity (Wildman–Crippen MR) is 54.8 cm³/mol. The smallest absolute Gasteiger partial charge is 0.323 e. The van der Waals surface area contributed by atoms with E-state index in [1.165, 1.54) is 21.1 Å². The van der Waals surface area contributed by atoms with Crippen molar-refractivity contribution in [2.75, 3.05) is 14.2 Å². The van der Waals surface area contributed by atoms with Gasteiger partial charge in [-0.3, -0.25) is 9.59 Å². The highest BCUT2D eigenvalue weighted by atomic mass is 16.5. The third-order valence-electron chi connectivity index (χ3n) is 2.02. The van der Waals surface area contributed by atoms with Gasteiger partial charge < -0.3 is 9.47 Å². The summed E-state index contributed by atoms with van der Waals surface area (Å²) < 4.78 is 9.12. The first-order valence-electron chi connectivity index (χ1n) is 4.65. The Labute approximate surface area is 89.9 Å². The number of ether oxygens (including phenoxy) is 2. The lowest BCUT2D eigenvalue weighted by Gasteiger charge is -2.20. The zero-order valence-electron chi connectivity index (χ0n) is 9.55. The van der Waals surface area contributed by atoms with Gasteiger partial charge in [-0.25, -0.2) is 0 Å². The minimum absolute atomic E-state index is 0.111. The molecular weight excluding hydrogens is 196 g/mol. The Morgan fingerprint density at radius 3 is 1.93 bits per heavy atom. The van der Waals surface area contributed by atoms with Gasteiger partial charge in [0.15, 0.2) is 5.41 Å². The Kier molecular flexibility index (Phi) is 5.46. The number of carbonyl (C=O) groups excluding carboxylic acids is 2. The standard InChI is InChI=1S/C11H16O4/c1-5-6-7-8-11(2,9(12)14-3)10(13)15-4/h5,8H2,1-4H3. The quantitative estimate of drug-likeness (QED) is 0.400. The van der Waals surface area contributed by atoms with Crippen molar-refractivity contribution in [1.29, 1.82) is 0 Å². The SMILES string of the molecule is CCC#CCC(C)(C(=O)OC)C(=O)OC. The minimum Gasteiger partial charge on any atom is -0.468 e. The molecule has 0 aliphatic rings. The van der Waals surface area contributed by atoms with Crippen molar-refractivity contribution in [3.63, 3.8) is 0 Å². The van der Waals surface area contributed by atoms with Gasteiger partial charge >= 0.3 is 11.9 Å². The number of carbonyl (C=O) groups is 2. The average molecular weight is 212 g/mol. The fraction of sp³-hybridized carbons (Fsp3) is 0.636. The van der Waals surface area contributed by atoms with Crippen LogP contribution < -0.4 is 0 Å². The monoisotopic (exact) mass is 212 g/mol. The summed E-state index contributed by atoms with van der Waals surface area (Å²) in [6, 6.07) is 0. The molecule has 84 valence electrons. The maximum atomic E-state index is 11.4. The summed E-state index contributed by atoms with van der Waals surface area (Å²) in [5, 5.41) is 0. The van der Waals surface area contributed by atoms with Crippen molar-refractivity contribution in [2.45, 2.75) is 26.7 Å². The normalized spacial score (nSPS) is 9.87. The summed E-state index contributed by atoms with van der Waals surface area (Å²) in [6.45, 7) is 3.36. The second kappa shape index (κ2) is 6.07. The second-order valence-electron chi connectivity index (χ2n) is 3.20. The topological polar surface area (TPSA) is 52.6 Å². The van der Waals surface area contributed by atoms with Gasteiger partial charge in [-0.05, 0) is 6.92 Å². The first-order chi connectivity index (χ1) is 7.02. The van der Waals surface area contributed by atoms with Crippen LogP contribution in [0.25, 0.3) is 0 Å². The lowest BCUT2D eigenvalue weighted by atomic mass is 9.87. The highest BCUT2D eigenvalue weighted by Gasteiger charge is 2.43. The number of methoxy groups -OCH3 is 2. The zero-order chi connectivity index (χ0) is 11.9. The van der Waals surface area contributed by atoms with Crippen molar-refractivity contribution in [1.82, 2.24) is 0 Å². The molecule has 0 aromatic carbocycles. The molecule has 0 aliphatic carbocycles. The largest absolute Gasteiger partial charge is 0.468 e. The summed E-state index contributed by atoms with van der Waals surface area (Å²) in [5.41, 5.74) is -1.33. The molecular formula is C11H16O4. The molecule has 0 rings (SSSR count). The minimum atomic E-state index is -1.33. The van der Waals surface area contributed by atoms with Crippen molar-refractivity contribution in [3.8, 4) is 11.8 Å². The van der Waals surface area contributed by atoms with E-state index in [9.17, 15) is 9.59 Å². The molecule has 0 radical (unpaired) electrons. The molecule has 0 N–H and O–H groups in total. The van der Waals surface area contributed by atoms with Crippen molar-refractivity contribution in [3.05, 3.63) is 0 Å². The van der Waals surface area contributed by atoms with Crippen LogP contribution in [0.5, 0.6) is 0 Å². The van der Waals surface area contributed by atoms with E-state index >= 15 is 0 Å². The number of hydrogen-bond acceptors (Lipinski definition) is 4. The van der Waals surface area contributed by atoms with Crippen LogP contribution in [0.3, 0.4) is 0 Å². The Balaban J connectivity index is 4.86. The molecule has 0 spiro atoms. The number of hydrogen-bond donors (Lipinski definition) is 0. The van der Waals surface area contributed by atoms with Gasteiger partial charge in [-0.2, -0.15) is 0 Å². The van der Waals surface area contributed by atoms with Gasteiger partial charge in [0, 0.05) is 12.8 Å². The van der Waals surface area contributed by atoms with E-state index in [0.717, 1.165) is 0 Å². The Morgan fingerprint density at radius 1 is 1.13 bits per heavy atom. The summed E-state index contributed by atoms with van der Waals surface area (Å²) >= 11 is 0. The van der Waals surface area contributed by atoms with Gasteiger partial charge in [0.05, 0.1) is 14.2 Å². The summed E-state index contributed by atoms with van der Waals surface area (Å²) in [5.74, 6) is 4.30. The zero-order valence-corrected chi connectivity index (χ0v) is 9.55. The van der Waals surface area contributed by atoms with E-state index < -0.39 is 17.4 Å². The fourth-order valence-corrected chi connectivity index (χ4v) is 1.04. The highest BCUT2D eigenvalue weighted by molar-refractivity contribution is 5.99. The van der Waals surface area contributed by atoms with Gasteiger partial charge in [-0.1, -0.05) is 6.92 Å². The molecule has 0 saturated carbocycles. The molecule has 0 heterocycles. The molecule has 0 unspecified atom stereocenters. The molecule has 0 atom stereocenters. The third kappa shape index (κ3) is 3.28. The fourth-order valence-electron chi connectivity index (χ4n) is 1.04. The van der Waals surface area contributed by atoms with Crippen LogP contribution in [0.1, 0.15) is 26.7 Å². The van der Waals surface area contributed by atoms with Crippen molar-refractivity contribution in [2.24, 2.45) is 5.41 Å². The third-order valence-corrected chi connectivity index (χ3v) is 2.02. The molecule has 4 heteroatoms. The van der Waals surface area contributed by atoms with E-state index in [4.69, 9.17) is 0 Å². The van der Waals surface area contributed by atoms with Gasteiger partial charge in [0.25, 0.3) is 0 Å². The summed E-state index contributed by atoms with van der Waals surface area (Å²) in [4.78, 5) is 22.9.